The van der Waals surface area contributed by atoms with E-state index in [2.05, 4.69) is 32.0 Å². The molecule has 0 aliphatic rings. The molecule has 0 saturated heterocycles. The van der Waals surface area contributed by atoms with E-state index in [1.807, 2.05) is 36.8 Å². The third-order valence-electron chi connectivity index (χ3n) is 1.97. The van der Waals surface area contributed by atoms with E-state index in [-0.39, 0.29) is 0 Å². The van der Waals surface area contributed by atoms with Crippen LogP contribution >= 0.6 is 27.7 Å². The molecule has 0 spiro atoms. The molecular formula is C11H9BrN2S. The number of rotatable bonds is 2. The highest BCUT2D eigenvalue weighted by Gasteiger charge is 1.99. The van der Waals surface area contributed by atoms with Gasteiger partial charge in [-0.2, -0.15) is 0 Å². The lowest BCUT2D eigenvalue weighted by atomic mass is 10.1. The molecule has 0 N–H and O–H groups in total. The number of thioether (sulfide) groups is 1. The third-order valence-corrected chi connectivity index (χ3v) is 3.04. The minimum atomic E-state index is 0.800. The first-order chi connectivity index (χ1) is 7.29. The van der Waals surface area contributed by atoms with Gasteiger partial charge in [-0.05, 0) is 24.0 Å². The maximum absolute atomic E-state index is 4.24. The van der Waals surface area contributed by atoms with Crippen LogP contribution in [0, 0.1) is 0 Å². The summed E-state index contributed by atoms with van der Waals surface area (Å²) in [6.45, 7) is 0. The maximum Gasteiger partial charge on any atom is 0.187 e. The normalized spacial score (nSPS) is 10.3. The SMILES string of the molecule is CSc1ncc(-c2cccc(Br)c2)cn1. The molecule has 0 bridgehead atoms. The van der Waals surface area contributed by atoms with Crippen LogP contribution < -0.4 is 0 Å². The predicted molar refractivity (Wildman–Crippen MR) is 66.9 cm³/mol. The third kappa shape index (κ3) is 2.58. The van der Waals surface area contributed by atoms with E-state index >= 15 is 0 Å². The van der Waals surface area contributed by atoms with E-state index in [9.17, 15) is 0 Å². The van der Waals surface area contributed by atoms with Crippen molar-refractivity contribution in [3.05, 3.63) is 41.1 Å². The Kier molecular flexibility index (Phi) is 3.38. The number of hydrogen-bond donors (Lipinski definition) is 0. The Morgan fingerprint density at radius 3 is 2.47 bits per heavy atom. The van der Waals surface area contributed by atoms with Gasteiger partial charge in [-0.25, -0.2) is 9.97 Å². The van der Waals surface area contributed by atoms with Crippen LogP contribution in [-0.2, 0) is 0 Å². The average Bonchev–Trinajstić information content (AvgIpc) is 2.29. The van der Waals surface area contributed by atoms with E-state index in [4.69, 9.17) is 0 Å². The summed E-state index contributed by atoms with van der Waals surface area (Å²) in [5, 5.41) is 0.800. The van der Waals surface area contributed by atoms with Gasteiger partial charge in [0.15, 0.2) is 5.16 Å². The van der Waals surface area contributed by atoms with Crippen molar-refractivity contribution in [3.8, 4) is 11.1 Å². The molecule has 76 valence electrons. The van der Waals surface area contributed by atoms with Crippen molar-refractivity contribution >= 4 is 27.7 Å². The van der Waals surface area contributed by atoms with Crippen molar-refractivity contribution in [3.63, 3.8) is 0 Å². The molecule has 1 heterocycles. The summed E-state index contributed by atoms with van der Waals surface area (Å²) in [6.07, 6.45) is 5.66. The molecule has 0 aliphatic heterocycles. The van der Waals surface area contributed by atoms with Gasteiger partial charge in [0.25, 0.3) is 0 Å². The molecule has 2 nitrogen and oxygen atoms in total. The minimum Gasteiger partial charge on any atom is -0.230 e. The van der Waals surface area contributed by atoms with E-state index in [0.717, 1.165) is 20.8 Å². The molecule has 1 aromatic carbocycles. The Morgan fingerprint density at radius 2 is 1.87 bits per heavy atom. The van der Waals surface area contributed by atoms with Crippen LogP contribution in [0.3, 0.4) is 0 Å². The maximum atomic E-state index is 4.24. The first-order valence-corrected chi connectivity index (χ1v) is 6.43. The minimum absolute atomic E-state index is 0.800. The Morgan fingerprint density at radius 1 is 1.13 bits per heavy atom. The highest BCUT2D eigenvalue weighted by atomic mass is 79.9. The fourth-order valence-electron chi connectivity index (χ4n) is 1.24. The largest absolute Gasteiger partial charge is 0.230 e. The quantitative estimate of drug-likeness (QED) is 0.621. The zero-order chi connectivity index (χ0) is 10.7. The van der Waals surface area contributed by atoms with E-state index < -0.39 is 0 Å². The van der Waals surface area contributed by atoms with Gasteiger partial charge in [-0.3, -0.25) is 0 Å². The highest BCUT2D eigenvalue weighted by molar-refractivity contribution is 9.10. The van der Waals surface area contributed by atoms with E-state index in [1.165, 1.54) is 0 Å². The summed E-state index contributed by atoms with van der Waals surface area (Å²) in [4.78, 5) is 8.48. The van der Waals surface area contributed by atoms with Gasteiger partial charge >= 0.3 is 0 Å². The van der Waals surface area contributed by atoms with E-state index in [0.29, 0.717) is 0 Å². The van der Waals surface area contributed by atoms with Gasteiger partial charge in [-0.1, -0.05) is 39.8 Å². The number of benzene rings is 1. The van der Waals surface area contributed by atoms with Crippen molar-refractivity contribution < 1.29 is 0 Å². The molecule has 0 atom stereocenters. The zero-order valence-electron chi connectivity index (χ0n) is 8.14. The summed E-state index contributed by atoms with van der Waals surface area (Å²) in [7, 11) is 0. The van der Waals surface area contributed by atoms with Crippen molar-refractivity contribution in [1.82, 2.24) is 9.97 Å². The van der Waals surface area contributed by atoms with Crippen LogP contribution in [0.4, 0.5) is 0 Å². The second-order valence-corrected chi connectivity index (χ2v) is 4.66. The van der Waals surface area contributed by atoms with Gasteiger partial charge in [-0.15, -0.1) is 0 Å². The standard InChI is InChI=1S/C11H9BrN2S/c1-15-11-13-6-9(7-14-11)8-3-2-4-10(12)5-8/h2-7H,1H3. The van der Waals surface area contributed by atoms with Crippen molar-refractivity contribution in [2.24, 2.45) is 0 Å². The fraction of sp³-hybridized carbons (Fsp3) is 0.0909. The van der Waals surface area contributed by atoms with Crippen molar-refractivity contribution in [1.29, 1.82) is 0 Å². The number of hydrogen-bond acceptors (Lipinski definition) is 3. The van der Waals surface area contributed by atoms with Crippen molar-refractivity contribution in [2.45, 2.75) is 5.16 Å². The summed E-state index contributed by atoms with van der Waals surface area (Å²) in [6, 6.07) is 8.10. The summed E-state index contributed by atoms with van der Waals surface area (Å²) in [5.41, 5.74) is 2.16. The molecule has 0 saturated carbocycles. The van der Waals surface area contributed by atoms with Crippen LogP contribution in [0.5, 0.6) is 0 Å². The molecule has 0 amide bonds. The summed E-state index contributed by atoms with van der Waals surface area (Å²) < 4.78 is 1.06. The van der Waals surface area contributed by atoms with Gasteiger partial charge < -0.3 is 0 Å². The summed E-state index contributed by atoms with van der Waals surface area (Å²) >= 11 is 4.99. The Labute approximate surface area is 101 Å². The van der Waals surface area contributed by atoms with Gasteiger partial charge in [0.1, 0.15) is 0 Å². The van der Waals surface area contributed by atoms with Crippen LogP contribution in [0.2, 0.25) is 0 Å². The zero-order valence-corrected chi connectivity index (χ0v) is 10.5. The number of halogens is 1. The van der Waals surface area contributed by atoms with Gasteiger partial charge in [0.2, 0.25) is 0 Å². The van der Waals surface area contributed by atoms with Crippen LogP contribution in [0.15, 0.2) is 46.3 Å². The first kappa shape index (κ1) is 10.6. The molecule has 0 fully saturated rings. The molecule has 15 heavy (non-hydrogen) atoms. The number of nitrogens with zero attached hydrogens (tertiary/aromatic N) is 2. The molecule has 4 heteroatoms. The van der Waals surface area contributed by atoms with Crippen LogP contribution in [-0.4, -0.2) is 16.2 Å². The summed E-state index contributed by atoms with van der Waals surface area (Å²) in [5.74, 6) is 0. The van der Waals surface area contributed by atoms with Crippen LogP contribution in [0.25, 0.3) is 11.1 Å². The second kappa shape index (κ2) is 4.77. The smallest absolute Gasteiger partial charge is 0.187 e. The lowest BCUT2D eigenvalue weighted by molar-refractivity contribution is 0.973. The van der Waals surface area contributed by atoms with Gasteiger partial charge in [0.05, 0.1) is 0 Å². The molecule has 0 aliphatic carbocycles. The lowest BCUT2D eigenvalue weighted by Crippen LogP contribution is -1.86. The Balaban J connectivity index is 2.37. The molecule has 0 radical (unpaired) electrons. The molecule has 2 aromatic rings. The second-order valence-electron chi connectivity index (χ2n) is 2.97. The highest BCUT2D eigenvalue weighted by Crippen LogP contribution is 2.22. The molecule has 0 unspecified atom stereocenters. The average molecular weight is 281 g/mol. The topological polar surface area (TPSA) is 25.8 Å². The monoisotopic (exact) mass is 280 g/mol. The van der Waals surface area contributed by atoms with Crippen LogP contribution in [0.1, 0.15) is 0 Å². The predicted octanol–water partition coefficient (Wildman–Crippen LogP) is 3.63. The lowest BCUT2D eigenvalue weighted by Gasteiger charge is -2.01. The van der Waals surface area contributed by atoms with Crippen molar-refractivity contribution in [2.75, 3.05) is 6.26 Å². The number of aromatic nitrogens is 2. The Hall–Kier alpha value is -0.870. The molecular weight excluding hydrogens is 272 g/mol. The fourth-order valence-corrected chi connectivity index (χ4v) is 1.95. The molecule has 2 rings (SSSR count). The van der Waals surface area contributed by atoms with E-state index in [1.54, 1.807) is 11.8 Å². The van der Waals surface area contributed by atoms with Gasteiger partial charge in [0, 0.05) is 22.4 Å². The first-order valence-electron chi connectivity index (χ1n) is 4.41. The molecule has 1 aromatic heterocycles. The Bertz CT molecular complexity index is 456.